The van der Waals surface area contributed by atoms with Crippen LogP contribution in [-0.4, -0.2) is 15.9 Å². The van der Waals surface area contributed by atoms with Gasteiger partial charge in [0.2, 0.25) is 0 Å². The van der Waals surface area contributed by atoms with Crippen LogP contribution in [0.2, 0.25) is 0 Å². The quantitative estimate of drug-likeness (QED) is 0.518. The summed E-state index contributed by atoms with van der Waals surface area (Å²) in [5.74, 6) is -0.625. The first-order valence-electron chi connectivity index (χ1n) is 8.16. The van der Waals surface area contributed by atoms with E-state index in [-0.39, 0.29) is 5.69 Å². The number of halogens is 3. The molecule has 0 saturated carbocycles. The van der Waals surface area contributed by atoms with Crippen molar-refractivity contribution in [1.29, 1.82) is 0 Å². The number of hydrogen-bond acceptors (Lipinski definition) is 4. The van der Waals surface area contributed by atoms with Gasteiger partial charge in [0.05, 0.1) is 16.8 Å². The van der Waals surface area contributed by atoms with E-state index in [1.54, 1.807) is 29.6 Å². The molecule has 0 spiro atoms. The molecule has 0 atom stereocenters. The second kappa shape index (κ2) is 6.72. The summed E-state index contributed by atoms with van der Waals surface area (Å²) < 4.78 is 39.1. The van der Waals surface area contributed by atoms with Crippen LogP contribution in [-0.2, 0) is 6.18 Å². The predicted molar refractivity (Wildman–Crippen MR) is 102 cm³/mol. The summed E-state index contributed by atoms with van der Waals surface area (Å²) in [6.07, 6.45) is -4.43. The van der Waals surface area contributed by atoms with Crippen molar-refractivity contribution < 1.29 is 18.0 Å². The molecule has 1 amide bonds. The maximum atomic E-state index is 13.0. The van der Waals surface area contributed by atoms with Crippen LogP contribution in [0, 0.1) is 0 Å². The largest absolute Gasteiger partial charge is 0.416 e. The molecule has 0 aliphatic carbocycles. The summed E-state index contributed by atoms with van der Waals surface area (Å²) in [7, 11) is 0. The van der Waals surface area contributed by atoms with Gasteiger partial charge in [0, 0.05) is 21.9 Å². The highest BCUT2D eigenvalue weighted by Gasteiger charge is 2.30. The molecule has 4 aromatic rings. The van der Waals surface area contributed by atoms with Gasteiger partial charge in [-0.05, 0) is 24.3 Å². The molecule has 0 fully saturated rings. The van der Waals surface area contributed by atoms with E-state index in [4.69, 9.17) is 5.73 Å². The molecule has 0 bridgehead atoms. The number of para-hydroxylation sites is 1. The number of thiazole rings is 1. The highest BCUT2D eigenvalue weighted by molar-refractivity contribution is 7.13. The second-order valence-electron chi connectivity index (χ2n) is 6.05. The fourth-order valence-electron chi connectivity index (χ4n) is 2.85. The van der Waals surface area contributed by atoms with Gasteiger partial charge in [-0.1, -0.05) is 30.3 Å². The molecular formula is C20H12F3N3OS. The Balaban J connectivity index is 1.86. The zero-order valence-electron chi connectivity index (χ0n) is 14.2. The number of primary amides is 1. The molecule has 4 rings (SSSR count). The lowest BCUT2D eigenvalue weighted by atomic mass is 10.0. The van der Waals surface area contributed by atoms with E-state index < -0.39 is 17.6 Å². The van der Waals surface area contributed by atoms with E-state index in [0.29, 0.717) is 27.3 Å². The van der Waals surface area contributed by atoms with E-state index >= 15 is 0 Å². The van der Waals surface area contributed by atoms with Crippen LogP contribution in [0.4, 0.5) is 13.2 Å². The second-order valence-corrected chi connectivity index (χ2v) is 6.91. The van der Waals surface area contributed by atoms with Crippen LogP contribution in [0.25, 0.3) is 32.7 Å². The SMILES string of the molecule is NC(=O)c1csc(-c2cccc3ccc(-c4cccc(C(F)(F)F)c4)nc23)n1. The van der Waals surface area contributed by atoms with Gasteiger partial charge in [-0.15, -0.1) is 11.3 Å². The van der Waals surface area contributed by atoms with Gasteiger partial charge in [0.15, 0.2) is 0 Å². The molecule has 140 valence electrons. The summed E-state index contributed by atoms with van der Waals surface area (Å²) in [5, 5.41) is 2.94. The number of amides is 1. The molecule has 2 N–H and O–H groups in total. The summed E-state index contributed by atoms with van der Waals surface area (Å²) in [4.78, 5) is 20.1. The number of pyridine rings is 1. The Hall–Kier alpha value is -3.26. The summed E-state index contributed by atoms with van der Waals surface area (Å²) in [6.45, 7) is 0. The predicted octanol–water partition coefficient (Wildman–Crippen LogP) is 5.14. The Morgan fingerprint density at radius 1 is 1.00 bits per heavy atom. The van der Waals surface area contributed by atoms with E-state index in [1.165, 1.54) is 17.4 Å². The van der Waals surface area contributed by atoms with Crippen LogP contribution >= 0.6 is 11.3 Å². The average molecular weight is 399 g/mol. The standard InChI is InChI=1S/C20H12F3N3OS/c21-20(22,23)13-5-1-4-12(9-13)15-8-7-11-3-2-6-14(17(11)25-15)19-26-16(10-28-19)18(24)27/h1-10H,(H2,24,27). The Kier molecular flexibility index (Phi) is 4.35. The van der Waals surface area contributed by atoms with E-state index in [9.17, 15) is 18.0 Å². The third-order valence-corrected chi connectivity index (χ3v) is 5.07. The van der Waals surface area contributed by atoms with Gasteiger partial charge in [0.25, 0.3) is 5.91 Å². The molecule has 4 nitrogen and oxygen atoms in total. The van der Waals surface area contributed by atoms with Crippen molar-refractivity contribution in [2.24, 2.45) is 5.73 Å². The monoisotopic (exact) mass is 399 g/mol. The molecular weight excluding hydrogens is 387 g/mol. The summed E-state index contributed by atoms with van der Waals surface area (Å²) >= 11 is 1.25. The maximum Gasteiger partial charge on any atom is 0.416 e. The van der Waals surface area contributed by atoms with E-state index in [1.807, 2.05) is 12.1 Å². The molecule has 2 aromatic carbocycles. The van der Waals surface area contributed by atoms with Crippen molar-refractivity contribution in [2.45, 2.75) is 6.18 Å². The number of hydrogen-bond donors (Lipinski definition) is 1. The number of benzene rings is 2. The van der Waals surface area contributed by atoms with Crippen molar-refractivity contribution >= 4 is 28.1 Å². The minimum absolute atomic E-state index is 0.158. The number of alkyl halides is 3. The highest BCUT2D eigenvalue weighted by Crippen LogP contribution is 2.34. The van der Waals surface area contributed by atoms with Gasteiger partial charge in [-0.25, -0.2) is 9.97 Å². The normalized spacial score (nSPS) is 11.7. The fraction of sp³-hybridized carbons (Fsp3) is 0.0500. The third-order valence-electron chi connectivity index (χ3n) is 4.19. The van der Waals surface area contributed by atoms with Gasteiger partial charge in [-0.3, -0.25) is 4.79 Å². The zero-order valence-corrected chi connectivity index (χ0v) is 15.0. The number of nitrogens with zero attached hydrogens (tertiary/aromatic N) is 2. The van der Waals surface area contributed by atoms with Crippen LogP contribution in [0.5, 0.6) is 0 Å². The fourth-order valence-corrected chi connectivity index (χ4v) is 3.68. The molecule has 2 heterocycles. The van der Waals surface area contributed by atoms with Crippen molar-refractivity contribution in [2.75, 3.05) is 0 Å². The highest BCUT2D eigenvalue weighted by atomic mass is 32.1. The molecule has 28 heavy (non-hydrogen) atoms. The number of nitrogens with two attached hydrogens (primary N) is 1. The van der Waals surface area contributed by atoms with Crippen LogP contribution in [0.1, 0.15) is 16.1 Å². The first-order valence-corrected chi connectivity index (χ1v) is 9.04. The number of fused-ring (bicyclic) bond motifs is 1. The number of carbonyl (C=O) groups is 1. The van der Waals surface area contributed by atoms with Gasteiger partial charge < -0.3 is 5.73 Å². The van der Waals surface area contributed by atoms with Crippen molar-refractivity contribution in [3.8, 4) is 21.8 Å². The van der Waals surface area contributed by atoms with Crippen molar-refractivity contribution in [3.63, 3.8) is 0 Å². The van der Waals surface area contributed by atoms with E-state index in [2.05, 4.69) is 9.97 Å². The number of rotatable bonds is 3. The lowest BCUT2D eigenvalue weighted by molar-refractivity contribution is -0.137. The number of aromatic nitrogens is 2. The average Bonchev–Trinajstić information content (AvgIpc) is 3.17. The molecule has 8 heteroatoms. The summed E-state index contributed by atoms with van der Waals surface area (Å²) in [5.41, 5.74) is 6.74. The van der Waals surface area contributed by atoms with Gasteiger partial charge >= 0.3 is 6.18 Å². The Labute approximate surface area is 161 Å². The first-order chi connectivity index (χ1) is 13.3. The Morgan fingerprint density at radius 3 is 2.50 bits per heavy atom. The van der Waals surface area contributed by atoms with Crippen LogP contribution < -0.4 is 5.73 Å². The first kappa shape index (κ1) is 18.1. The third kappa shape index (κ3) is 3.34. The van der Waals surface area contributed by atoms with Gasteiger partial charge in [-0.2, -0.15) is 13.2 Å². The van der Waals surface area contributed by atoms with Crippen molar-refractivity contribution in [3.05, 3.63) is 71.2 Å². The Morgan fingerprint density at radius 2 is 1.79 bits per heavy atom. The molecule has 0 radical (unpaired) electrons. The van der Waals surface area contributed by atoms with Crippen LogP contribution in [0.3, 0.4) is 0 Å². The molecule has 0 unspecified atom stereocenters. The zero-order chi connectivity index (χ0) is 19.9. The number of carbonyl (C=O) groups excluding carboxylic acids is 1. The molecule has 0 saturated heterocycles. The molecule has 2 aromatic heterocycles. The van der Waals surface area contributed by atoms with Crippen LogP contribution in [0.15, 0.2) is 60.0 Å². The van der Waals surface area contributed by atoms with E-state index in [0.717, 1.165) is 17.5 Å². The summed E-state index contributed by atoms with van der Waals surface area (Å²) in [6, 6.07) is 14.0. The maximum absolute atomic E-state index is 13.0. The lowest BCUT2D eigenvalue weighted by Crippen LogP contribution is -2.10. The topological polar surface area (TPSA) is 68.9 Å². The van der Waals surface area contributed by atoms with Gasteiger partial charge in [0.1, 0.15) is 10.7 Å². The molecule has 0 aliphatic heterocycles. The minimum Gasteiger partial charge on any atom is -0.364 e. The van der Waals surface area contributed by atoms with Crippen molar-refractivity contribution in [1.82, 2.24) is 9.97 Å². The minimum atomic E-state index is -4.43. The smallest absolute Gasteiger partial charge is 0.364 e. The lowest BCUT2D eigenvalue weighted by Gasteiger charge is -2.10. The Bertz CT molecular complexity index is 1200. The molecule has 0 aliphatic rings.